The summed E-state index contributed by atoms with van der Waals surface area (Å²) in [4.78, 5) is 13.3. The maximum atomic E-state index is 12.2. The lowest BCUT2D eigenvalue weighted by Crippen LogP contribution is -2.23. The molecule has 1 atom stereocenters. The van der Waals surface area contributed by atoms with Crippen molar-refractivity contribution in [3.63, 3.8) is 0 Å². The van der Waals surface area contributed by atoms with Crippen molar-refractivity contribution in [2.24, 2.45) is 5.92 Å². The number of amides is 1. The summed E-state index contributed by atoms with van der Waals surface area (Å²) < 4.78 is 0. The second kappa shape index (κ2) is 6.88. The number of thiophene rings is 1. The van der Waals surface area contributed by atoms with Gasteiger partial charge in [-0.25, -0.2) is 0 Å². The van der Waals surface area contributed by atoms with Gasteiger partial charge in [0.15, 0.2) is 0 Å². The summed E-state index contributed by atoms with van der Waals surface area (Å²) in [5.41, 5.74) is 1.88. The van der Waals surface area contributed by atoms with Crippen molar-refractivity contribution in [2.45, 2.75) is 19.8 Å². The van der Waals surface area contributed by atoms with E-state index in [-0.39, 0.29) is 5.91 Å². The van der Waals surface area contributed by atoms with Crippen LogP contribution in [0.3, 0.4) is 0 Å². The largest absolute Gasteiger partial charge is 0.325 e. The lowest BCUT2D eigenvalue weighted by molar-refractivity contribution is -0.118. The Bertz CT molecular complexity index is 614. The van der Waals surface area contributed by atoms with Gasteiger partial charge in [-0.15, -0.1) is 11.3 Å². The van der Waals surface area contributed by atoms with E-state index >= 15 is 0 Å². The molecule has 1 aromatic heterocycles. The number of nitriles is 1. The average Bonchev–Trinajstić information content (AvgIpc) is 2.98. The lowest BCUT2D eigenvalue weighted by Gasteiger charge is -2.12. The van der Waals surface area contributed by atoms with Gasteiger partial charge in [-0.05, 0) is 29.5 Å². The van der Waals surface area contributed by atoms with Crippen LogP contribution in [0.2, 0.25) is 0 Å². The topological polar surface area (TPSA) is 52.9 Å². The molecule has 0 aliphatic rings. The van der Waals surface area contributed by atoms with Gasteiger partial charge in [-0.1, -0.05) is 31.2 Å². The highest BCUT2D eigenvalue weighted by Crippen LogP contribution is 2.19. The van der Waals surface area contributed by atoms with E-state index in [4.69, 9.17) is 0 Å². The fraction of sp³-hybridized carbons (Fsp3) is 0.250. The van der Waals surface area contributed by atoms with Crippen molar-refractivity contribution >= 4 is 22.9 Å². The quantitative estimate of drug-likeness (QED) is 0.911. The second-order valence-corrected chi connectivity index (χ2v) is 5.50. The average molecular weight is 284 g/mol. The van der Waals surface area contributed by atoms with E-state index in [2.05, 4.69) is 11.4 Å². The number of para-hydroxylation sites is 1. The van der Waals surface area contributed by atoms with Crippen LogP contribution in [-0.4, -0.2) is 5.91 Å². The molecule has 102 valence electrons. The number of anilines is 1. The fourth-order valence-electron chi connectivity index (χ4n) is 2.00. The molecular formula is C16H16N2OS. The molecule has 4 heteroatoms. The number of benzene rings is 1. The highest BCUT2D eigenvalue weighted by atomic mass is 32.1. The van der Waals surface area contributed by atoms with Gasteiger partial charge in [0.2, 0.25) is 5.91 Å². The molecule has 3 nitrogen and oxygen atoms in total. The third-order valence-corrected chi connectivity index (χ3v) is 4.01. The SMILES string of the molecule is CCc1ccccc1NC(=O)[C@H](C#N)Cc1cccs1. The number of hydrogen-bond acceptors (Lipinski definition) is 3. The highest BCUT2D eigenvalue weighted by molar-refractivity contribution is 7.09. The third kappa shape index (κ3) is 3.46. The van der Waals surface area contributed by atoms with Crippen LogP contribution in [0.5, 0.6) is 0 Å². The van der Waals surface area contributed by atoms with E-state index in [1.807, 2.05) is 48.7 Å². The molecule has 0 aliphatic heterocycles. The first-order valence-electron chi connectivity index (χ1n) is 6.55. The number of carbonyl (C=O) groups excluding carboxylic acids is 1. The summed E-state index contributed by atoms with van der Waals surface area (Å²) >= 11 is 1.57. The van der Waals surface area contributed by atoms with Gasteiger partial charge in [-0.3, -0.25) is 4.79 Å². The maximum Gasteiger partial charge on any atom is 0.242 e. The zero-order valence-corrected chi connectivity index (χ0v) is 12.1. The van der Waals surface area contributed by atoms with E-state index in [1.54, 1.807) is 11.3 Å². The standard InChI is InChI=1S/C16H16N2OS/c1-2-12-6-3-4-8-15(12)18-16(19)13(11-17)10-14-7-5-9-20-14/h3-9,13H,2,10H2,1H3,(H,18,19)/t13-/m0/s1. The Morgan fingerprint density at radius 3 is 2.80 bits per heavy atom. The maximum absolute atomic E-state index is 12.2. The number of carbonyl (C=O) groups is 1. The van der Waals surface area contributed by atoms with Crippen molar-refractivity contribution in [3.05, 3.63) is 52.2 Å². The number of hydrogen-bond donors (Lipinski definition) is 1. The molecule has 0 unspecified atom stereocenters. The minimum absolute atomic E-state index is 0.234. The van der Waals surface area contributed by atoms with E-state index in [0.717, 1.165) is 22.5 Å². The Morgan fingerprint density at radius 1 is 1.35 bits per heavy atom. The van der Waals surface area contributed by atoms with Crippen molar-refractivity contribution in [1.82, 2.24) is 0 Å². The molecule has 1 heterocycles. The summed E-state index contributed by atoms with van der Waals surface area (Å²) in [5.74, 6) is -0.889. The van der Waals surface area contributed by atoms with Crippen LogP contribution < -0.4 is 5.32 Å². The zero-order chi connectivity index (χ0) is 14.4. The Morgan fingerprint density at radius 2 is 2.15 bits per heavy atom. The van der Waals surface area contributed by atoms with Crippen LogP contribution >= 0.6 is 11.3 Å². The van der Waals surface area contributed by atoms with Crippen LogP contribution in [0, 0.1) is 17.2 Å². The molecule has 0 fully saturated rings. The molecule has 0 saturated heterocycles. The third-order valence-electron chi connectivity index (χ3n) is 3.11. The first kappa shape index (κ1) is 14.3. The van der Waals surface area contributed by atoms with Crippen molar-refractivity contribution in [2.75, 3.05) is 5.32 Å². The Kier molecular flexibility index (Phi) is 4.91. The fourth-order valence-corrected chi connectivity index (χ4v) is 2.75. The number of aryl methyl sites for hydroxylation is 1. The monoisotopic (exact) mass is 284 g/mol. The number of nitrogens with one attached hydrogen (secondary N) is 1. The molecule has 20 heavy (non-hydrogen) atoms. The summed E-state index contributed by atoms with van der Waals surface area (Å²) in [6.07, 6.45) is 1.31. The van der Waals surface area contributed by atoms with E-state index in [0.29, 0.717) is 6.42 Å². The molecule has 2 rings (SSSR count). The van der Waals surface area contributed by atoms with Gasteiger partial charge in [0.25, 0.3) is 0 Å². The summed E-state index contributed by atoms with van der Waals surface area (Å²) in [7, 11) is 0. The molecule has 0 saturated carbocycles. The second-order valence-electron chi connectivity index (χ2n) is 4.47. The van der Waals surface area contributed by atoms with Gasteiger partial charge in [-0.2, -0.15) is 5.26 Å². The molecule has 1 aromatic carbocycles. The van der Waals surface area contributed by atoms with Crippen LogP contribution in [0.1, 0.15) is 17.4 Å². The van der Waals surface area contributed by atoms with Crippen LogP contribution in [0.25, 0.3) is 0 Å². The predicted molar refractivity (Wildman–Crippen MR) is 81.6 cm³/mol. The molecule has 2 aromatic rings. The summed E-state index contributed by atoms with van der Waals surface area (Å²) in [6.45, 7) is 2.04. The Labute approximate surface area is 122 Å². The molecule has 1 amide bonds. The van der Waals surface area contributed by atoms with Gasteiger partial charge in [0, 0.05) is 17.0 Å². The van der Waals surface area contributed by atoms with Crippen LogP contribution in [0.4, 0.5) is 5.69 Å². The normalized spacial score (nSPS) is 11.6. The van der Waals surface area contributed by atoms with Crippen LogP contribution in [-0.2, 0) is 17.6 Å². The minimum Gasteiger partial charge on any atom is -0.325 e. The van der Waals surface area contributed by atoms with Crippen molar-refractivity contribution in [3.8, 4) is 6.07 Å². The summed E-state index contributed by atoms with van der Waals surface area (Å²) in [5, 5.41) is 14.0. The molecule has 0 radical (unpaired) electrons. The molecular weight excluding hydrogens is 268 g/mol. The minimum atomic E-state index is -0.654. The van der Waals surface area contributed by atoms with Gasteiger partial charge in [0.1, 0.15) is 5.92 Å². The van der Waals surface area contributed by atoms with Crippen molar-refractivity contribution < 1.29 is 4.79 Å². The Balaban J connectivity index is 2.08. The number of nitrogens with zero attached hydrogens (tertiary/aromatic N) is 1. The summed E-state index contributed by atoms with van der Waals surface area (Å²) in [6, 6.07) is 13.7. The Hall–Kier alpha value is -2.12. The van der Waals surface area contributed by atoms with Gasteiger partial charge < -0.3 is 5.32 Å². The highest BCUT2D eigenvalue weighted by Gasteiger charge is 2.19. The van der Waals surface area contributed by atoms with Gasteiger partial charge in [0.05, 0.1) is 6.07 Å². The van der Waals surface area contributed by atoms with E-state index < -0.39 is 5.92 Å². The molecule has 0 spiro atoms. The number of rotatable bonds is 5. The van der Waals surface area contributed by atoms with E-state index in [9.17, 15) is 10.1 Å². The van der Waals surface area contributed by atoms with E-state index in [1.165, 1.54) is 0 Å². The van der Waals surface area contributed by atoms with Crippen molar-refractivity contribution in [1.29, 1.82) is 5.26 Å². The van der Waals surface area contributed by atoms with Crippen LogP contribution in [0.15, 0.2) is 41.8 Å². The predicted octanol–water partition coefficient (Wildman–Crippen LogP) is 3.63. The first-order chi connectivity index (χ1) is 9.74. The molecule has 1 N–H and O–H groups in total. The molecule has 0 aliphatic carbocycles. The first-order valence-corrected chi connectivity index (χ1v) is 7.43. The lowest BCUT2D eigenvalue weighted by atomic mass is 10.0. The smallest absolute Gasteiger partial charge is 0.242 e. The molecule has 0 bridgehead atoms. The van der Waals surface area contributed by atoms with Gasteiger partial charge >= 0.3 is 0 Å². The zero-order valence-electron chi connectivity index (χ0n) is 11.3.